The minimum absolute atomic E-state index is 0.362. The Balaban J connectivity index is 1.84. The summed E-state index contributed by atoms with van der Waals surface area (Å²) in [5, 5.41) is 6.05. The van der Waals surface area contributed by atoms with Gasteiger partial charge in [0.25, 0.3) is 0 Å². The lowest BCUT2D eigenvalue weighted by atomic mass is 10.1. The molecule has 6 nitrogen and oxygen atoms in total. The van der Waals surface area contributed by atoms with E-state index >= 15 is 0 Å². The summed E-state index contributed by atoms with van der Waals surface area (Å²) in [6.07, 6.45) is 0. The average Bonchev–Trinajstić information content (AvgIpc) is 2.92. The van der Waals surface area contributed by atoms with Crippen molar-refractivity contribution in [1.82, 2.24) is 10.4 Å². The van der Waals surface area contributed by atoms with Crippen LogP contribution >= 0.6 is 35.0 Å². The highest BCUT2D eigenvalue weighted by atomic mass is 35.5. The molecule has 0 atom stereocenters. The Bertz CT molecular complexity index is 937. The lowest BCUT2D eigenvalue weighted by Crippen LogP contribution is -2.25. The van der Waals surface area contributed by atoms with Crippen LogP contribution in [0.15, 0.2) is 28.3 Å². The van der Waals surface area contributed by atoms with Crippen molar-refractivity contribution >= 4 is 57.5 Å². The number of hydrogen-bond acceptors (Lipinski definition) is 5. The van der Waals surface area contributed by atoms with Crippen LogP contribution in [0, 0.1) is 13.8 Å². The van der Waals surface area contributed by atoms with E-state index < -0.39 is 0 Å². The Labute approximate surface area is 165 Å². The van der Waals surface area contributed by atoms with Gasteiger partial charge in [-0.1, -0.05) is 35.0 Å². The standard InChI is InChI=1S/C17H16Cl2N4O2S/c1-8-14(16(24)25-3)9(2)20-15(8)13-7-26-17(23-22-13)21-12-5-4-10(18)6-11(12)19/h4-6,20H,7H2,1-3H3,(H,21,23). The number of carbonyl (C=O) groups excluding carboxylic acids is 1. The molecule has 2 N–H and O–H groups in total. The van der Waals surface area contributed by atoms with Crippen molar-refractivity contribution in [3.63, 3.8) is 0 Å². The number of aliphatic imine (C=N–C) groups is 1. The van der Waals surface area contributed by atoms with Gasteiger partial charge in [0, 0.05) is 16.5 Å². The number of benzene rings is 1. The van der Waals surface area contributed by atoms with Crippen LogP contribution in [0.1, 0.15) is 27.3 Å². The highest BCUT2D eigenvalue weighted by Crippen LogP contribution is 2.29. The van der Waals surface area contributed by atoms with Crippen molar-refractivity contribution in [2.45, 2.75) is 13.8 Å². The zero-order valence-corrected chi connectivity index (χ0v) is 16.6. The minimum Gasteiger partial charge on any atom is -0.465 e. The van der Waals surface area contributed by atoms with Gasteiger partial charge in [0.2, 0.25) is 0 Å². The highest BCUT2D eigenvalue weighted by molar-refractivity contribution is 8.14. The van der Waals surface area contributed by atoms with Crippen LogP contribution in [0.2, 0.25) is 10.0 Å². The molecule has 0 bridgehead atoms. The van der Waals surface area contributed by atoms with Crippen LogP contribution in [0.3, 0.4) is 0 Å². The molecule has 0 saturated heterocycles. The predicted octanol–water partition coefficient (Wildman–Crippen LogP) is 4.45. The summed E-state index contributed by atoms with van der Waals surface area (Å²) in [6, 6.07) is 5.12. The molecule has 26 heavy (non-hydrogen) atoms. The molecular weight excluding hydrogens is 395 g/mol. The van der Waals surface area contributed by atoms with Gasteiger partial charge < -0.3 is 9.72 Å². The fraction of sp³-hybridized carbons (Fsp3) is 0.235. The molecule has 0 fully saturated rings. The summed E-state index contributed by atoms with van der Waals surface area (Å²) in [4.78, 5) is 19.6. The number of carbonyl (C=O) groups is 1. The Hall–Kier alpha value is -1.96. The van der Waals surface area contributed by atoms with Crippen molar-refractivity contribution in [2.24, 2.45) is 10.1 Å². The first-order valence-electron chi connectivity index (χ1n) is 7.67. The van der Waals surface area contributed by atoms with Gasteiger partial charge in [-0.15, -0.1) is 0 Å². The number of thioether (sulfide) groups is 1. The number of aromatic amines is 1. The van der Waals surface area contributed by atoms with Crippen molar-refractivity contribution < 1.29 is 9.53 Å². The number of rotatable bonds is 3. The summed E-state index contributed by atoms with van der Waals surface area (Å²) >= 11 is 13.5. The molecule has 2 heterocycles. The molecule has 136 valence electrons. The first kappa shape index (κ1) is 18.8. The van der Waals surface area contributed by atoms with Crippen molar-refractivity contribution in [3.8, 4) is 0 Å². The number of amidine groups is 1. The molecule has 0 radical (unpaired) electrons. The number of hydrogen-bond donors (Lipinski definition) is 2. The number of ether oxygens (including phenoxy) is 1. The third-order valence-corrected chi connectivity index (χ3v) is 5.29. The van der Waals surface area contributed by atoms with E-state index in [9.17, 15) is 4.79 Å². The number of nitrogens with one attached hydrogen (secondary N) is 2. The first-order valence-corrected chi connectivity index (χ1v) is 9.41. The Morgan fingerprint density at radius 3 is 2.73 bits per heavy atom. The molecule has 0 aliphatic carbocycles. The molecule has 1 aliphatic rings. The van der Waals surface area contributed by atoms with Gasteiger partial charge in [-0.2, -0.15) is 5.10 Å². The molecule has 0 amide bonds. The fourth-order valence-corrected chi connectivity index (χ4v) is 3.84. The van der Waals surface area contributed by atoms with E-state index in [1.807, 2.05) is 13.8 Å². The van der Waals surface area contributed by atoms with Crippen LogP contribution in [-0.2, 0) is 4.74 Å². The Morgan fingerprint density at radius 2 is 2.12 bits per heavy atom. The largest absolute Gasteiger partial charge is 0.465 e. The molecule has 2 aromatic rings. The summed E-state index contributed by atoms with van der Waals surface area (Å²) in [5.74, 6) is 0.234. The fourth-order valence-electron chi connectivity index (χ4n) is 2.63. The Morgan fingerprint density at radius 1 is 1.35 bits per heavy atom. The third kappa shape index (κ3) is 3.75. The van der Waals surface area contributed by atoms with E-state index in [1.165, 1.54) is 18.9 Å². The molecule has 3 rings (SSSR count). The summed E-state index contributed by atoms with van der Waals surface area (Å²) in [5.41, 5.74) is 7.27. The van der Waals surface area contributed by atoms with Crippen LogP contribution in [0.25, 0.3) is 0 Å². The molecule has 0 spiro atoms. The van der Waals surface area contributed by atoms with Gasteiger partial charge in [-0.25, -0.2) is 9.79 Å². The summed E-state index contributed by atoms with van der Waals surface area (Å²) in [6.45, 7) is 3.71. The third-order valence-electron chi connectivity index (χ3n) is 3.88. The molecule has 0 unspecified atom stereocenters. The number of hydrazone groups is 1. The van der Waals surface area contributed by atoms with E-state index in [4.69, 9.17) is 27.9 Å². The van der Waals surface area contributed by atoms with E-state index in [1.54, 1.807) is 18.2 Å². The maximum Gasteiger partial charge on any atom is 0.339 e. The maximum absolute atomic E-state index is 11.9. The normalized spacial score (nSPS) is 15.6. The second-order valence-corrected chi connectivity index (χ2v) is 7.40. The second-order valence-electron chi connectivity index (χ2n) is 5.59. The number of halogens is 2. The molecule has 1 aliphatic heterocycles. The number of H-pyrrole nitrogens is 1. The van der Waals surface area contributed by atoms with Crippen molar-refractivity contribution in [2.75, 3.05) is 12.9 Å². The molecule has 0 saturated carbocycles. The number of methoxy groups -OCH3 is 1. The zero-order chi connectivity index (χ0) is 18.8. The number of nitrogens with zero attached hydrogens (tertiary/aromatic N) is 2. The lowest BCUT2D eigenvalue weighted by Gasteiger charge is -2.15. The van der Waals surface area contributed by atoms with Gasteiger partial charge in [0.15, 0.2) is 5.17 Å². The first-order chi connectivity index (χ1) is 12.4. The van der Waals surface area contributed by atoms with E-state index in [-0.39, 0.29) is 5.97 Å². The molecule has 9 heteroatoms. The van der Waals surface area contributed by atoms with E-state index in [2.05, 4.69) is 20.5 Å². The van der Waals surface area contributed by atoms with Crippen LogP contribution in [0.5, 0.6) is 0 Å². The van der Waals surface area contributed by atoms with Crippen LogP contribution in [0.4, 0.5) is 5.69 Å². The summed E-state index contributed by atoms with van der Waals surface area (Å²) in [7, 11) is 1.37. The number of aromatic nitrogens is 1. The highest BCUT2D eigenvalue weighted by Gasteiger charge is 2.23. The van der Waals surface area contributed by atoms with Gasteiger partial charge in [0.05, 0.1) is 34.8 Å². The average molecular weight is 411 g/mol. The molecule has 1 aromatic carbocycles. The smallest absolute Gasteiger partial charge is 0.339 e. The second kappa shape index (κ2) is 7.73. The Kier molecular flexibility index (Phi) is 5.60. The molecular formula is C17H16Cl2N4O2S. The predicted molar refractivity (Wildman–Crippen MR) is 107 cm³/mol. The lowest BCUT2D eigenvalue weighted by molar-refractivity contribution is 0.0599. The molecule has 1 aromatic heterocycles. The van der Waals surface area contributed by atoms with Gasteiger partial charge >= 0.3 is 5.97 Å². The minimum atomic E-state index is -0.362. The monoisotopic (exact) mass is 410 g/mol. The SMILES string of the molecule is COC(=O)c1c(C)[nH]c(C2=NNC(=Nc3ccc(Cl)cc3Cl)SC2)c1C. The van der Waals surface area contributed by atoms with Crippen LogP contribution in [-0.4, -0.2) is 34.7 Å². The van der Waals surface area contributed by atoms with Gasteiger partial charge in [-0.05, 0) is 37.6 Å². The van der Waals surface area contributed by atoms with E-state index in [0.717, 1.165) is 22.7 Å². The van der Waals surface area contributed by atoms with Gasteiger partial charge in [-0.3, -0.25) is 5.43 Å². The van der Waals surface area contributed by atoms with Gasteiger partial charge in [0.1, 0.15) is 0 Å². The topological polar surface area (TPSA) is 78.8 Å². The van der Waals surface area contributed by atoms with E-state index in [0.29, 0.717) is 32.2 Å². The maximum atomic E-state index is 11.9. The summed E-state index contributed by atoms with van der Waals surface area (Å²) < 4.78 is 4.84. The van der Waals surface area contributed by atoms with Crippen LogP contribution < -0.4 is 5.43 Å². The number of esters is 1. The number of aryl methyl sites for hydroxylation is 1. The zero-order valence-electron chi connectivity index (χ0n) is 14.3. The quantitative estimate of drug-likeness (QED) is 0.732. The van der Waals surface area contributed by atoms with Crippen molar-refractivity contribution in [3.05, 3.63) is 50.8 Å². The van der Waals surface area contributed by atoms with Crippen molar-refractivity contribution in [1.29, 1.82) is 0 Å².